The number of aryl methyl sites for hydroxylation is 1. The summed E-state index contributed by atoms with van der Waals surface area (Å²) in [5.41, 5.74) is 0. The fraction of sp³-hybridized carbons (Fsp3) is 0.333. The van der Waals surface area contributed by atoms with Crippen LogP contribution in [0.2, 0.25) is 0 Å². The van der Waals surface area contributed by atoms with Gasteiger partial charge in [-0.1, -0.05) is 0 Å². The molecular formula is C6H8N2OOs. The van der Waals surface area contributed by atoms with Crippen LogP contribution in [0.25, 0.3) is 0 Å². The standard InChI is InChI=1S/C6H8N2O.Os/c1-7-2-3-8(6-7)4-5-9;/h2-3,5H,4H2,1H3;. The number of aromatic nitrogens is 2. The Morgan fingerprint density at radius 3 is 2.80 bits per heavy atom. The molecule has 0 aromatic carbocycles. The zero-order valence-electron chi connectivity index (χ0n) is 5.60. The first-order valence-electron chi connectivity index (χ1n) is 2.88. The summed E-state index contributed by atoms with van der Waals surface area (Å²) in [6.07, 6.45) is 4.74. The molecule has 0 aliphatic heterocycles. The fourth-order valence-corrected chi connectivity index (χ4v) is 1.33. The Balaban J connectivity index is 3.05. The van der Waals surface area contributed by atoms with Crippen molar-refractivity contribution in [1.29, 1.82) is 0 Å². The van der Waals surface area contributed by atoms with Crippen molar-refractivity contribution in [1.82, 2.24) is 9.13 Å². The van der Waals surface area contributed by atoms with Crippen LogP contribution in [0, 0.1) is 3.97 Å². The van der Waals surface area contributed by atoms with Crippen LogP contribution in [0.1, 0.15) is 0 Å². The predicted octanol–water partition coefficient (Wildman–Crippen LogP) is 0.104. The van der Waals surface area contributed by atoms with Crippen LogP contribution in [-0.4, -0.2) is 15.4 Å². The van der Waals surface area contributed by atoms with Gasteiger partial charge < -0.3 is 0 Å². The molecule has 0 spiro atoms. The van der Waals surface area contributed by atoms with Gasteiger partial charge in [-0.2, -0.15) is 0 Å². The fourth-order valence-electron chi connectivity index (χ4n) is 0.717. The molecule has 3 nitrogen and oxygen atoms in total. The first-order chi connectivity index (χ1) is 4.75. The monoisotopic (exact) mass is 316 g/mol. The van der Waals surface area contributed by atoms with Crippen LogP contribution < -0.4 is 0 Å². The van der Waals surface area contributed by atoms with Crippen molar-refractivity contribution >= 4 is 6.29 Å². The molecule has 0 saturated heterocycles. The Morgan fingerprint density at radius 2 is 2.40 bits per heavy atom. The van der Waals surface area contributed by atoms with Crippen LogP contribution in [0.5, 0.6) is 0 Å². The van der Waals surface area contributed by atoms with Crippen molar-refractivity contribution in [3.63, 3.8) is 0 Å². The summed E-state index contributed by atoms with van der Waals surface area (Å²) in [4.78, 5) is 10.1. The molecule has 0 N–H and O–H groups in total. The summed E-state index contributed by atoms with van der Waals surface area (Å²) >= 11 is 1.78. The average Bonchev–Trinajstić information content (AvgIpc) is 2.20. The number of hydrogen-bond donors (Lipinski definition) is 0. The molecule has 0 atom stereocenters. The Bertz CT molecular complexity index is 286. The first-order valence-corrected chi connectivity index (χ1v) is 4.15. The molecule has 1 aromatic rings. The minimum absolute atomic E-state index is 0.458. The van der Waals surface area contributed by atoms with E-state index in [1.807, 2.05) is 28.6 Å². The number of imidazole rings is 1. The Labute approximate surface area is 68.7 Å². The van der Waals surface area contributed by atoms with E-state index in [0.29, 0.717) is 6.54 Å². The Kier molecular flexibility index (Phi) is 2.34. The van der Waals surface area contributed by atoms with Gasteiger partial charge in [0, 0.05) is 0 Å². The van der Waals surface area contributed by atoms with E-state index in [2.05, 4.69) is 0 Å². The van der Waals surface area contributed by atoms with Crippen LogP contribution >= 0.6 is 0 Å². The molecule has 56 valence electrons. The van der Waals surface area contributed by atoms with Crippen LogP contribution in [0.15, 0.2) is 12.4 Å². The summed E-state index contributed by atoms with van der Waals surface area (Å²) in [7, 11) is 1.96. The third-order valence-electron chi connectivity index (χ3n) is 1.25. The average molecular weight is 314 g/mol. The van der Waals surface area contributed by atoms with E-state index in [9.17, 15) is 4.79 Å². The van der Waals surface area contributed by atoms with Gasteiger partial charge in [0.15, 0.2) is 0 Å². The number of rotatable bonds is 2. The van der Waals surface area contributed by atoms with Crippen molar-refractivity contribution in [2.45, 2.75) is 6.54 Å². The second-order valence-electron chi connectivity index (χ2n) is 1.99. The van der Waals surface area contributed by atoms with Gasteiger partial charge in [-0.05, 0) is 0 Å². The number of nitrogens with zero attached hydrogens (tertiary/aromatic N) is 2. The number of hydrogen-bond acceptors (Lipinski definition) is 1. The van der Waals surface area contributed by atoms with E-state index < -0.39 is 0 Å². The molecule has 0 bridgehead atoms. The number of carbonyl (C=O) groups is 1. The molecule has 0 saturated carbocycles. The van der Waals surface area contributed by atoms with Crippen molar-refractivity contribution in [2.24, 2.45) is 7.05 Å². The molecule has 0 fully saturated rings. The van der Waals surface area contributed by atoms with Crippen molar-refractivity contribution < 1.29 is 22.9 Å². The molecule has 1 rings (SSSR count). The Morgan fingerprint density at radius 1 is 1.70 bits per heavy atom. The molecule has 0 aliphatic carbocycles. The van der Waals surface area contributed by atoms with Gasteiger partial charge in [-0.3, -0.25) is 0 Å². The van der Waals surface area contributed by atoms with Gasteiger partial charge in [0.1, 0.15) is 0 Å². The van der Waals surface area contributed by atoms with Gasteiger partial charge in [-0.15, -0.1) is 0 Å². The predicted molar refractivity (Wildman–Crippen MR) is 32.7 cm³/mol. The maximum atomic E-state index is 10.1. The van der Waals surface area contributed by atoms with E-state index >= 15 is 0 Å². The SMILES string of the molecule is Cn1ccn(CC=O)[c]1=[Os]. The quantitative estimate of drug-likeness (QED) is 0.712. The van der Waals surface area contributed by atoms with Crippen molar-refractivity contribution in [2.75, 3.05) is 0 Å². The normalized spacial score (nSPS) is 9.80. The van der Waals surface area contributed by atoms with Gasteiger partial charge in [0.05, 0.1) is 0 Å². The van der Waals surface area contributed by atoms with E-state index in [0.717, 1.165) is 10.3 Å². The summed E-state index contributed by atoms with van der Waals surface area (Å²) in [5, 5.41) is 0. The summed E-state index contributed by atoms with van der Waals surface area (Å²) in [6, 6.07) is 0. The molecule has 0 unspecified atom stereocenters. The van der Waals surface area contributed by atoms with E-state index in [-0.39, 0.29) is 0 Å². The zero-order valence-corrected chi connectivity index (χ0v) is 8.14. The summed E-state index contributed by atoms with van der Waals surface area (Å²) < 4.78 is 5.01. The third kappa shape index (κ3) is 1.33. The molecule has 1 aromatic heterocycles. The summed E-state index contributed by atoms with van der Waals surface area (Å²) in [5.74, 6) is 0. The molecule has 1 heterocycles. The second kappa shape index (κ2) is 3.07. The van der Waals surface area contributed by atoms with Gasteiger partial charge in [-0.25, -0.2) is 0 Å². The van der Waals surface area contributed by atoms with Crippen molar-refractivity contribution in [3.05, 3.63) is 16.4 Å². The molecule has 0 amide bonds. The van der Waals surface area contributed by atoms with E-state index in [1.54, 1.807) is 18.1 Å². The molecule has 4 heteroatoms. The zero-order chi connectivity index (χ0) is 7.56. The molecule has 10 heavy (non-hydrogen) atoms. The number of carbonyl (C=O) groups excluding carboxylic acids is 1. The van der Waals surface area contributed by atoms with Crippen LogP contribution in [0.4, 0.5) is 0 Å². The van der Waals surface area contributed by atoms with E-state index in [1.165, 1.54) is 0 Å². The maximum absolute atomic E-state index is 10.1. The molecular weight excluding hydrogens is 306 g/mol. The minimum atomic E-state index is 0.458. The second-order valence-corrected chi connectivity index (χ2v) is 3.12. The van der Waals surface area contributed by atoms with Gasteiger partial charge in [0.25, 0.3) is 0 Å². The third-order valence-corrected chi connectivity index (χ3v) is 2.88. The summed E-state index contributed by atoms with van der Waals surface area (Å²) in [6.45, 7) is 0.458. The molecule has 0 aliphatic rings. The van der Waals surface area contributed by atoms with Gasteiger partial charge >= 0.3 is 68.3 Å². The van der Waals surface area contributed by atoms with E-state index in [4.69, 9.17) is 0 Å². The molecule has 0 radical (unpaired) electrons. The van der Waals surface area contributed by atoms with Crippen LogP contribution in [0.3, 0.4) is 0 Å². The Hall–Kier alpha value is -0.484. The number of aldehydes is 1. The van der Waals surface area contributed by atoms with Gasteiger partial charge in [0.2, 0.25) is 0 Å². The topological polar surface area (TPSA) is 26.9 Å². The van der Waals surface area contributed by atoms with Crippen LogP contribution in [-0.2, 0) is 36.5 Å². The first kappa shape index (κ1) is 7.62. The van der Waals surface area contributed by atoms with Crippen molar-refractivity contribution in [3.8, 4) is 0 Å².